The third kappa shape index (κ3) is 2.36. The van der Waals surface area contributed by atoms with Gasteiger partial charge in [-0.3, -0.25) is 0 Å². The molecular formula is C23H25NO3. The molecule has 0 radical (unpaired) electrons. The second-order valence-corrected chi connectivity index (χ2v) is 7.47. The molecule has 0 aliphatic carbocycles. The highest BCUT2D eigenvalue weighted by atomic mass is 16.5. The number of likely N-dealkylation sites (N-methyl/N-ethyl adjacent to an activating group) is 1. The van der Waals surface area contributed by atoms with Gasteiger partial charge in [0.1, 0.15) is 5.75 Å². The Kier molecular flexibility index (Phi) is 3.95. The Balaban J connectivity index is 1.94. The van der Waals surface area contributed by atoms with Crippen molar-refractivity contribution in [3.8, 4) is 17.2 Å². The van der Waals surface area contributed by atoms with Crippen LogP contribution in [0.5, 0.6) is 17.2 Å². The minimum absolute atomic E-state index is 0.276. The van der Waals surface area contributed by atoms with E-state index >= 15 is 0 Å². The molecule has 2 heterocycles. The van der Waals surface area contributed by atoms with Gasteiger partial charge in [-0.2, -0.15) is 0 Å². The molecule has 4 heteroatoms. The van der Waals surface area contributed by atoms with E-state index in [1.807, 2.05) is 24.3 Å². The zero-order valence-electron chi connectivity index (χ0n) is 16.4. The SMILES string of the molecule is COc1cc2c(c(OC)c1)OC1(/C=C\C=C2)N(C)c2ccccc2C1(C)C. The van der Waals surface area contributed by atoms with Crippen molar-refractivity contribution in [1.29, 1.82) is 0 Å². The average molecular weight is 363 g/mol. The number of benzene rings is 2. The fourth-order valence-corrected chi connectivity index (χ4v) is 4.24. The number of allylic oxidation sites excluding steroid dienone is 2. The Bertz CT molecular complexity index is 945. The topological polar surface area (TPSA) is 30.9 Å². The van der Waals surface area contributed by atoms with Crippen molar-refractivity contribution < 1.29 is 14.2 Å². The maximum Gasteiger partial charge on any atom is 0.212 e. The van der Waals surface area contributed by atoms with E-state index in [-0.39, 0.29) is 5.41 Å². The number of hydrogen-bond donors (Lipinski definition) is 0. The lowest BCUT2D eigenvalue weighted by Crippen LogP contribution is -2.57. The molecule has 2 aromatic carbocycles. The summed E-state index contributed by atoms with van der Waals surface area (Å²) in [5.41, 5.74) is 2.40. The lowest BCUT2D eigenvalue weighted by molar-refractivity contribution is 0.0569. The van der Waals surface area contributed by atoms with E-state index < -0.39 is 5.72 Å². The number of fused-ring (bicyclic) bond motifs is 2. The summed E-state index contributed by atoms with van der Waals surface area (Å²) in [6.07, 6.45) is 8.24. The van der Waals surface area contributed by atoms with Crippen molar-refractivity contribution in [3.05, 3.63) is 65.8 Å². The third-order valence-corrected chi connectivity index (χ3v) is 5.81. The molecule has 27 heavy (non-hydrogen) atoms. The smallest absolute Gasteiger partial charge is 0.212 e. The first-order valence-electron chi connectivity index (χ1n) is 9.09. The van der Waals surface area contributed by atoms with Gasteiger partial charge in [0.25, 0.3) is 0 Å². The molecule has 0 aromatic heterocycles. The quantitative estimate of drug-likeness (QED) is 0.768. The Morgan fingerprint density at radius 3 is 2.48 bits per heavy atom. The van der Waals surface area contributed by atoms with Gasteiger partial charge in [-0.15, -0.1) is 0 Å². The second kappa shape index (κ2) is 6.08. The third-order valence-electron chi connectivity index (χ3n) is 5.81. The van der Waals surface area contributed by atoms with Crippen molar-refractivity contribution in [2.75, 3.05) is 26.2 Å². The van der Waals surface area contributed by atoms with Gasteiger partial charge < -0.3 is 19.1 Å². The van der Waals surface area contributed by atoms with Crippen LogP contribution in [0.1, 0.15) is 25.0 Å². The summed E-state index contributed by atoms with van der Waals surface area (Å²) in [6.45, 7) is 4.45. The van der Waals surface area contributed by atoms with E-state index in [1.54, 1.807) is 14.2 Å². The zero-order chi connectivity index (χ0) is 19.2. The van der Waals surface area contributed by atoms with Crippen LogP contribution >= 0.6 is 0 Å². The van der Waals surface area contributed by atoms with E-state index in [9.17, 15) is 0 Å². The van der Waals surface area contributed by atoms with Gasteiger partial charge in [-0.05, 0) is 37.6 Å². The summed E-state index contributed by atoms with van der Waals surface area (Å²) in [5.74, 6) is 2.11. The maximum atomic E-state index is 6.82. The van der Waals surface area contributed by atoms with Crippen molar-refractivity contribution >= 4 is 11.8 Å². The number of ether oxygens (including phenoxy) is 3. The highest BCUT2D eigenvalue weighted by molar-refractivity contribution is 5.71. The molecule has 140 valence electrons. The molecule has 2 aliphatic rings. The lowest BCUT2D eigenvalue weighted by atomic mass is 9.77. The van der Waals surface area contributed by atoms with Crippen LogP contribution in [-0.4, -0.2) is 27.0 Å². The molecule has 0 saturated heterocycles. The van der Waals surface area contributed by atoms with E-state index in [0.717, 1.165) is 11.3 Å². The normalized spacial score (nSPS) is 23.1. The molecule has 4 nitrogen and oxygen atoms in total. The number of rotatable bonds is 2. The van der Waals surface area contributed by atoms with Gasteiger partial charge in [-0.1, -0.05) is 36.4 Å². The predicted molar refractivity (Wildman–Crippen MR) is 109 cm³/mol. The molecule has 1 atom stereocenters. The largest absolute Gasteiger partial charge is 0.497 e. The van der Waals surface area contributed by atoms with Crippen LogP contribution in [0.15, 0.2) is 54.6 Å². The van der Waals surface area contributed by atoms with Crippen LogP contribution in [0.3, 0.4) is 0 Å². The zero-order valence-corrected chi connectivity index (χ0v) is 16.4. The van der Waals surface area contributed by atoms with E-state index in [2.05, 4.69) is 62.2 Å². The summed E-state index contributed by atoms with van der Waals surface area (Å²) >= 11 is 0. The van der Waals surface area contributed by atoms with Gasteiger partial charge in [-0.25, -0.2) is 0 Å². The molecule has 1 unspecified atom stereocenters. The molecule has 2 aliphatic heterocycles. The van der Waals surface area contributed by atoms with Crippen LogP contribution < -0.4 is 19.1 Å². The Labute approximate surface area is 160 Å². The van der Waals surface area contributed by atoms with Gasteiger partial charge in [0.2, 0.25) is 5.72 Å². The van der Waals surface area contributed by atoms with Crippen molar-refractivity contribution in [3.63, 3.8) is 0 Å². The van der Waals surface area contributed by atoms with Crippen molar-refractivity contribution in [2.45, 2.75) is 25.0 Å². The fourth-order valence-electron chi connectivity index (χ4n) is 4.24. The molecule has 0 bridgehead atoms. The molecule has 0 saturated carbocycles. The number of hydrogen-bond acceptors (Lipinski definition) is 4. The molecule has 1 spiro atoms. The van der Waals surface area contributed by atoms with Gasteiger partial charge in [0.15, 0.2) is 11.5 Å². The number of para-hydroxylation sites is 1. The first kappa shape index (κ1) is 17.5. The van der Waals surface area contributed by atoms with E-state index in [0.29, 0.717) is 11.5 Å². The fraction of sp³-hybridized carbons (Fsp3) is 0.304. The molecule has 4 rings (SSSR count). The summed E-state index contributed by atoms with van der Waals surface area (Å²) < 4.78 is 17.9. The summed E-state index contributed by atoms with van der Waals surface area (Å²) in [4.78, 5) is 2.21. The predicted octanol–water partition coefficient (Wildman–Crippen LogP) is 4.79. The van der Waals surface area contributed by atoms with Gasteiger partial charge in [0.05, 0.1) is 19.6 Å². The van der Waals surface area contributed by atoms with Crippen LogP contribution in [-0.2, 0) is 5.41 Å². The van der Waals surface area contributed by atoms with Crippen LogP contribution in [0.25, 0.3) is 6.08 Å². The Morgan fingerprint density at radius 1 is 1.00 bits per heavy atom. The van der Waals surface area contributed by atoms with Crippen LogP contribution in [0.2, 0.25) is 0 Å². The minimum Gasteiger partial charge on any atom is -0.497 e. The summed E-state index contributed by atoms with van der Waals surface area (Å²) in [7, 11) is 5.39. The molecule has 0 fully saturated rings. The second-order valence-electron chi connectivity index (χ2n) is 7.47. The van der Waals surface area contributed by atoms with Crippen molar-refractivity contribution in [2.24, 2.45) is 0 Å². The Morgan fingerprint density at radius 2 is 1.78 bits per heavy atom. The molecular weight excluding hydrogens is 338 g/mol. The Hall–Kier alpha value is -2.88. The van der Waals surface area contributed by atoms with Crippen LogP contribution in [0.4, 0.5) is 5.69 Å². The molecule has 0 amide bonds. The first-order valence-corrected chi connectivity index (χ1v) is 9.09. The summed E-state index contributed by atoms with van der Waals surface area (Å²) in [6, 6.07) is 12.3. The average Bonchev–Trinajstić information content (AvgIpc) is 2.83. The van der Waals surface area contributed by atoms with E-state index in [1.165, 1.54) is 11.3 Å². The number of nitrogens with zero attached hydrogens (tertiary/aromatic N) is 1. The standard InChI is InChI=1S/C23H25NO3/c1-22(2)18-11-6-7-12-19(18)24(3)23(22)13-9-8-10-16-14-17(25-4)15-20(26-5)21(16)27-23/h6-15H,1-5H3/b10-8?,13-9-. The number of anilines is 1. The van der Waals surface area contributed by atoms with Gasteiger partial charge in [0, 0.05) is 24.4 Å². The van der Waals surface area contributed by atoms with Gasteiger partial charge >= 0.3 is 0 Å². The monoisotopic (exact) mass is 363 g/mol. The maximum absolute atomic E-state index is 6.82. The summed E-state index contributed by atoms with van der Waals surface area (Å²) in [5, 5.41) is 0. The molecule has 0 N–H and O–H groups in total. The highest BCUT2D eigenvalue weighted by Gasteiger charge is 2.57. The highest BCUT2D eigenvalue weighted by Crippen LogP contribution is 2.54. The van der Waals surface area contributed by atoms with E-state index in [4.69, 9.17) is 14.2 Å². The van der Waals surface area contributed by atoms with Crippen LogP contribution in [0, 0.1) is 0 Å². The molecule has 2 aromatic rings. The van der Waals surface area contributed by atoms with Crippen molar-refractivity contribution in [1.82, 2.24) is 0 Å². The lowest BCUT2D eigenvalue weighted by Gasteiger charge is -2.44. The first-order chi connectivity index (χ1) is 12.9. The minimum atomic E-state index is -0.682. The number of methoxy groups -OCH3 is 2.